The van der Waals surface area contributed by atoms with Gasteiger partial charge in [-0.3, -0.25) is 14.5 Å². The predicted octanol–water partition coefficient (Wildman–Crippen LogP) is 3.26. The van der Waals surface area contributed by atoms with Gasteiger partial charge < -0.3 is 10.2 Å². The number of aryl methyl sites for hydroxylation is 1. The van der Waals surface area contributed by atoms with Crippen LogP contribution >= 0.6 is 0 Å². The molecule has 3 rings (SSSR count). The number of nitrogens with zero attached hydrogens (tertiary/aromatic N) is 4. The zero-order valence-electron chi connectivity index (χ0n) is 18.3. The molecule has 1 aromatic carbocycles. The molecule has 0 aliphatic carbocycles. The third kappa shape index (κ3) is 5.86. The maximum Gasteiger partial charge on any atom is 0.225 e. The van der Waals surface area contributed by atoms with Crippen LogP contribution in [0.3, 0.4) is 0 Å². The van der Waals surface area contributed by atoms with E-state index in [4.69, 9.17) is 4.98 Å². The molecule has 0 unspecified atom stereocenters. The van der Waals surface area contributed by atoms with Gasteiger partial charge in [0, 0.05) is 68.1 Å². The fourth-order valence-electron chi connectivity index (χ4n) is 3.47. The van der Waals surface area contributed by atoms with E-state index in [0.717, 1.165) is 55.7 Å². The normalized spacial score (nSPS) is 14.8. The van der Waals surface area contributed by atoms with Crippen LogP contribution in [0.15, 0.2) is 30.3 Å². The van der Waals surface area contributed by atoms with Gasteiger partial charge >= 0.3 is 0 Å². The summed E-state index contributed by atoms with van der Waals surface area (Å²) in [5.41, 5.74) is 2.36. The number of aromatic nitrogens is 2. The van der Waals surface area contributed by atoms with E-state index in [1.54, 1.807) is 24.3 Å². The van der Waals surface area contributed by atoms with Crippen molar-refractivity contribution in [3.05, 3.63) is 47.4 Å². The van der Waals surface area contributed by atoms with Gasteiger partial charge in [-0.25, -0.2) is 9.97 Å². The minimum atomic E-state index is -0.0130. The van der Waals surface area contributed by atoms with Gasteiger partial charge in [-0.1, -0.05) is 13.8 Å². The number of carbonyl (C=O) groups excluding carboxylic acids is 2. The molecule has 2 heterocycles. The lowest BCUT2D eigenvalue weighted by molar-refractivity contribution is -0.116. The van der Waals surface area contributed by atoms with Crippen LogP contribution in [-0.4, -0.2) is 59.3 Å². The maximum absolute atomic E-state index is 12.3. The van der Waals surface area contributed by atoms with Crippen LogP contribution in [0.2, 0.25) is 0 Å². The van der Waals surface area contributed by atoms with Crippen molar-refractivity contribution < 1.29 is 9.59 Å². The average molecular weight is 410 g/mol. The van der Waals surface area contributed by atoms with Crippen LogP contribution in [0.25, 0.3) is 0 Å². The number of rotatable bonds is 7. The van der Waals surface area contributed by atoms with E-state index in [1.165, 1.54) is 6.92 Å². The second-order valence-corrected chi connectivity index (χ2v) is 8.14. The van der Waals surface area contributed by atoms with Gasteiger partial charge in [0.1, 0.15) is 11.6 Å². The van der Waals surface area contributed by atoms with Crippen molar-refractivity contribution in [3.8, 4) is 0 Å². The minimum Gasteiger partial charge on any atom is -0.354 e. The monoisotopic (exact) mass is 409 g/mol. The lowest BCUT2D eigenvalue weighted by atomic mass is 10.1. The average Bonchev–Trinajstić information content (AvgIpc) is 2.72. The number of Topliss-reactive ketones (excluding diaryl/α,β-unsaturated/α-hetero) is 1. The van der Waals surface area contributed by atoms with Gasteiger partial charge in [0.25, 0.3) is 0 Å². The summed E-state index contributed by atoms with van der Waals surface area (Å²) >= 11 is 0. The highest BCUT2D eigenvalue weighted by molar-refractivity contribution is 5.95. The van der Waals surface area contributed by atoms with Crippen molar-refractivity contribution in [2.75, 3.05) is 42.9 Å². The fourth-order valence-corrected chi connectivity index (χ4v) is 3.47. The molecule has 0 radical (unpaired) electrons. The summed E-state index contributed by atoms with van der Waals surface area (Å²) < 4.78 is 0. The number of nitrogens with one attached hydrogen (secondary N) is 1. The third-order valence-corrected chi connectivity index (χ3v) is 5.30. The number of amides is 1. The maximum atomic E-state index is 12.3. The molecule has 1 aliphatic heterocycles. The first-order valence-corrected chi connectivity index (χ1v) is 10.6. The number of hydrogen-bond donors (Lipinski definition) is 1. The van der Waals surface area contributed by atoms with E-state index < -0.39 is 0 Å². The fraction of sp³-hybridized carbons (Fsp3) is 0.478. The SMILES string of the molecule is CC(=O)c1ccc(NC(=O)CCN2CCN(c3cc(C)nc(C(C)C)n3)CC2)cc1. The van der Waals surface area contributed by atoms with E-state index in [9.17, 15) is 9.59 Å². The van der Waals surface area contributed by atoms with Crippen LogP contribution in [0.5, 0.6) is 0 Å². The first-order valence-electron chi connectivity index (χ1n) is 10.6. The zero-order valence-corrected chi connectivity index (χ0v) is 18.3. The second-order valence-electron chi connectivity index (χ2n) is 8.14. The second kappa shape index (κ2) is 9.80. The molecule has 1 fully saturated rings. The summed E-state index contributed by atoms with van der Waals surface area (Å²) in [6.45, 7) is 12.1. The number of piperazine rings is 1. The third-order valence-electron chi connectivity index (χ3n) is 5.30. The number of benzene rings is 1. The Hall–Kier alpha value is -2.80. The Morgan fingerprint density at radius 3 is 2.33 bits per heavy atom. The molecular formula is C23H31N5O2. The largest absolute Gasteiger partial charge is 0.354 e. The molecule has 7 heteroatoms. The Bertz CT molecular complexity index is 887. The van der Waals surface area contributed by atoms with Crippen LogP contribution in [0.4, 0.5) is 11.5 Å². The summed E-state index contributed by atoms with van der Waals surface area (Å²) in [6.07, 6.45) is 0.443. The number of anilines is 2. The summed E-state index contributed by atoms with van der Waals surface area (Å²) in [6, 6.07) is 9.05. The Labute approximate surface area is 178 Å². The number of carbonyl (C=O) groups is 2. The summed E-state index contributed by atoms with van der Waals surface area (Å²) in [5, 5.41) is 2.90. The summed E-state index contributed by atoms with van der Waals surface area (Å²) in [4.78, 5) is 37.5. The predicted molar refractivity (Wildman–Crippen MR) is 119 cm³/mol. The van der Waals surface area contributed by atoms with Crippen LogP contribution in [0, 0.1) is 6.92 Å². The quantitative estimate of drug-likeness (QED) is 0.707. The molecule has 7 nitrogen and oxygen atoms in total. The van der Waals surface area contributed by atoms with Crippen LogP contribution < -0.4 is 10.2 Å². The molecule has 1 aromatic heterocycles. The van der Waals surface area contributed by atoms with E-state index in [2.05, 4.69) is 33.9 Å². The Kier molecular flexibility index (Phi) is 7.15. The minimum absolute atomic E-state index is 0.0130. The first-order chi connectivity index (χ1) is 14.3. The molecule has 1 N–H and O–H groups in total. The highest BCUT2D eigenvalue weighted by Crippen LogP contribution is 2.19. The number of hydrogen-bond acceptors (Lipinski definition) is 6. The van der Waals surface area contributed by atoms with E-state index >= 15 is 0 Å². The van der Waals surface area contributed by atoms with Gasteiger partial charge in [-0.15, -0.1) is 0 Å². The highest BCUT2D eigenvalue weighted by atomic mass is 16.1. The molecular weight excluding hydrogens is 378 g/mol. The Morgan fingerprint density at radius 1 is 1.07 bits per heavy atom. The van der Waals surface area contributed by atoms with Crippen LogP contribution in [0.1, 0.15) is 55.0 Å². The van der Waals surface area contributed by atoms with Crippen molar-refractivity contribution in [2.45, 2.75) is 40.0 Å². The Morgan fingerprint density at radius 2 is 1.73 bits per heavy atom. The first kappa shape index (κ1) is 21.9. The van der Waals surface area contributed by atoms with Crippen molar-refractivity contribution in [1.82, 2.24) is 14.9 Å². The smallest absolute Gasteiger partial charge is 0.225 e. The van der Waals surface area contributed by atoms with E-state index in [0.29, 0.717) is 17.9 Å². The van der Waals surface area contributed by atoms with Crippen molar-refractivity contribution in [1.29, 1.82) is 0 Å². The highest BCUT2D eigenvalue weighted by Gasteiger charge is 2.20. The molecule has 0 saturated carbocycles. The van der Waals surface area contributed by atoms with Crippen molar-refractivity contribution >= 4 is 23.2 Å². The van der Waals surface area contributed by atoms with Crippen molar-refractivity contribution in [3.63, 3.8) is 0 Å². The van der Waals surface area contributed by atoms with Gasteiger partial charge in [0.2, 0.25) is 5.91 Å². The van der Waals surface area contributed by atoms with Crippen LogP contribution in [-0.2, 0) is 4.79 Å². The molecule has 160 valence electrons. The van der Waals surface area contributed by atoms with Crippen molar-refractivity contribution in [2.24, 2.45) is 0 Å². The molecule has 1 aliphatic rings. The standard InChI is InChI=1S/C23H31N5O2/c1-16(2)23-24-17(3)15-21(26-23)28-13-11-27(12-14-28)10-9-22(30)25-20-7-5-19(6-8-20)18(4)29/h5-8,15-16H,9-14H2,1-4H3,(H,25,30). The summed E-state index contributed by atoms with van der Waals surface area (Å²) in [7, 11) is 0. The molecule has 0 atom stereocenters. The molecule has 0 spiro atoms. The Balaban J connectivity index is 1.46. The summed E-state index contributed by atoms with van der Waals surface area (Å²) in [5.74, 6) is 2.20. The molecule has 2 aromatic rings. The van der Waals surface area contributed by atoms with Gasteiger partial charge in [0.15, 0.2) is 5.78 Å². The molecule has 0 bridgehead atoms. The zero-order chi connectivity index (χ0) is 21.7. The van der Waals surface area contributed by atoms with E-state index in [1.807, 2.05) is 13.0 Å². The van der Waals surface area contributed by atoms with Gasteiger partial charge in [-0.05, 0) is 38.1 Å². The van der Waals surface area contributed by atoms with Gasteiger partial charge in [0.05, 0.1) is 0 Å². The molecule has 1 amide bonds. The lowest BCUT2D eigenvalue weighted by Gasteiger charge is -2.35. The molecule has 30 heavy (non-hydrogen) atoms. The lowest BCUT2D eigenvalue weighted by Crippen LogP contribution is -2.47. The van der Waals surface area contributed by atoms with Gasteiger partial charge in [-0.2, -0.15) is 0 Å². The van der Waals surface area contributed by atoms with E-state index in [-0.39, 0.29) is 11.7 Å². The number of ketones is 1. The molecule has 1 saturated heterocycles. The topological polar surface area (TPSA) is 78.4 Å².